The molecule has 5 heteroatoms. The molecular weight excluding hydrogens is 160 g/mol. The zero-order chi connectivity index (χ0) is 8.97. The van der Waals surface area contributed by atoms with Crippen molar-refractivity contribution >= 4 is 0 Å². The lowest BCUT2D eigenvalue weighted by Crippen LogP contribution is -2.01. The summed E-state index contributed by atoms with van der Waals surface area (Å²) in [5.74, 6) is 0.594. The largest absolute Gasteiger partial charge is 0.481 e. The third-order valence-corrected chi connectivity index (χ3v) is 1.31. The van der Waals surface area contributed by atoms with E-state index < -0.39 is 0 Å². The van der Waals surface area contributed by atoms with Crippen LogP contribution in [0.25, 0.3) is 0 Å². The molecule has 0 aliphatic heterocycles. The van der Waals surface area contributed by atoms with E-state index in [9.17, 15) is 0 Å². The van der Waals surface area contributed by atoms with E-state index in [0.29, 0.717) is 11.6 Å². The van der Waals surface area contributed by atoms with E-state index in [-0.39, 0.29) is 19.0 Å². The summed E-state index contributed by atoms with van der Waals surface area (Å²) in [5.41, 5.74) is 0.436. The average Bonchev–Trinajstić information content (AvgIpc) is 2.16. The Morgan fingerprint density at radius 1 is 1.33 bits per heavy atom. The number of rotatable bonds is 3. The van der Waals surface area contributed by atoms with Crippen molar-refractivity contribution in [2.45, 2.75) is 13.2 Å². The highest BCUT2D eigenvalue weighted by Gasteiger charge is 2.02. The van der Waals surface area contributed by atoms with Crippen molar-refractivity contribution in [2.75, 3.05) is 7.11 Å². The minimum Gasteiger partial charge on any atom is -0.481 e. The lowest BCUT2D eigenvalue weighted by atomic mass is 10.4. The Kier molecular flexibility index (Phi) is 2.95. The molecule has 0 radical (unpaired) electrons. The second-order valence-electron chi connectivity index (χ2n) is 2.13. The lowest BCUT2D eigenvalue weighted by molar-refractivity contribution is 0.257. The van der Waals surface area contributed by atoms with Crippen LogP contribution in [0.5, 0.6) is 5.88 Å². The number of nitrogens with zero attached hydrogens (tertiary/aromatic N) is 2. The van der Waals surface area contributed by atoms with E-state index in [4.69, 9.17) is 14.9 Å². The molecule has 0 aliphatic carbocycles. The molecule has 0 amide bonds. The van der Waals surface area contributed by atoms with E-state index in [1.54, 1.807) is 0 Å². The molecule has 1 aromatic heterocycles. The number of aliphatic hydroxyl groups excluding tert-OH is 2. The average molecular weight is 170 g/mol. The van der Waals surface area contributed by atoms with Gasteiger partial charge in [-0.25, -0.2) is 4.98 Å². The molecule has 0 aliphatic rings. The topological polar surface area (TPSA) is 75.5 Å². The van der Waals surface area contributed by atoms with Crippen molar-refractivity contribution < 1.29 is 14.9 Å². The molecule has 0 aromatic carbocycles. The molecule has 2 N–H and O–H groups in total. The van der Waals surface area contributed by atoms with Crippen LogP contribution in [-0.2, 0) is 13.2 Å². The number of ether oxygens (including phenoxy) is 1. The van der Waals surface area contributed by atoms with Crippen LogP contribution in [0.4, 0.5) is 0 Å². The van der Waals surface area contributed by atoms with E-state index >= 15 is 0 Å². The fraction of sp³-hybridized carbons (Fsp3) is 0.429. The molecule has 0 fully saturated rings. The smallest absolute Gasteiger partial charge is 0.216 e. The van der Waals surface area contributed by atoms with E-state index in [0.717, 1.165) is 0 Å². The molecular formula is C7H10N2O3. The molecule has 0 unspecified atom stereocenters. The first-order chi connectivity index (χ1) is 5.80. The molecule has 1 aromatic rings. The van der Waals surface area contributed by atoms with Crippen LogP contribution in [0, 0.1) is 0 Å². The number of aliphatic hydroxyl groups is 2. The molecule has 66 valence electrons. The molecule has 1 heterocycles. The molecule has 1 rings (SSSR count). The summed E-state index contributed by atoms with van der Waals surface area (Å²) in [4.78, 5) is 7.65. The fourth-order valence-corrected chi connectivity index (χ4v) is 0.781. The quantitative estimate of drug-likeness (QED) is 0.637. The van der Waals surface area contributed by atoms with Crippen molar-refractivity contribution in [1.29, 1.82) is 0 Å². The standard InChI is InChI=1S/C7H10N2O3/c1-12-7-2-5(3-10)8-6(4-11)9-7/h2,10-11H,3-4H2,1H3. The van der Waals surface area contributed by atoms with Crippen molar-refractivity contribution in [1.82, 2.24) is 9.97 Å². The first-order valence-electron chi connectivity index (χ1n) is 3.42. The Balaban J connectivity index is 3.01. The molecule has 0 atom stereocenters. The molecule has 5 nitrogen and oxygen atoms in total. The van der Waals surface area contributed by atoms with Crippen LogP contribution < -0.4 is 4.74 Å². The first kappa shape index (κ1) is 8.89. The van der Waals surface area contributed by atoms with Crippen LogP contribution in [0.2, 0.25) is 0 Å². The summed E-state index contributed by atoms with van der Waals surface area (Å²) in [6.07, 6.45) is 0. The van der Waals surface area contributed by atoms with Gasteiger partial charge in [0, 0.05) is 6.07 Å². The first-order valence-corrected chi connectivity index (χ1v) is 3.42. The minimum absolute atomic E-state index is 0.189. The molecule has 0 spiro atoms. The highest BCUT2D eigenvalue weighted by molar-refractivity contribution is 5.15. The Morgan fingerprint density at radius 3 is 2.58 bits per heavy atom. The van der Waals surface area contributed by atoms with Gasteiger partial charge in [0.1, 0.15) is 6.61 Å². The van der Waals surface area contributed by atoms with Crippen molar-refractivity contribution in [3.63, 3.8) is 0 Å². The Morgan fingerprint density at radius 2 is 2.08 bits per heavy atom. The highest BCUT2D eigenvalue weighted by atomic mass is 16.5. The lowest BCUT2D eigenvalue weighted by Gasteiger charge is -2.02. The highest BCUT2D eigenvalue weighted by Crippen LogP contribution is 2.08. The van der Waals surface area contributed by atoms with Gasteiger partial charge in [-0.2, -0.15) is 4.98 Å². The Bertz CT molecular complexity index is 210. The van der Waals surface area contributed by atoms with Crippen molar-refractivity contribution in [3.05, 3.63) is 17.6 Å². The second-order valence-corrected chi connectivity index (χ2v) is 2.13. The maximum Gasteiger partial charge on any atom is 0.216 e. The van der Waals surface area contributed by atoms with E-state index in [2.05, 4.69) is 9.97 Å². The van der Waals surface area contributed by atoms with E-state index in [1.807, 2.05) is 0 Å². The van der Waals surface area contributed by atoms with Gasteiger partial charge in [0.05, 0.1) is 19.4 Å². The summed E-state index contributed by atoms with van der Waals surface area (Å²) in [5, 5.41) is 17.5. The molecule has 0 bridgehead atoms. The fourth-order valence-electron chi connectivity index (χ4n) is 0.781. The van der Waals surface area contributed by atoms with Gasteiger partial charge in [0.25, 0.3) is 0 Å². The van der Waals surface area contributed by atoms with Crippen LogP contribution in [0.1, 0.15) is 11.5 Å². The van der Waals surface area contributed by atoms with Gasteiger partial charge in [-0.05, 0) is 0 Å². The number of hydrogen-bond acceptors (Lipinski definition) is 5. The maximum atomic E-state index is 8.75. The number of hydrogen-bond donors (Lipinski definition) is 2. The minimum atomic E-state index is -0.260. The summed E-state index contributed by atoms with van der Waals surface area (Å²) in [6, 6.07) is 1.51. The summed E-state index contributed by atoms with van der Waals surface area (Å²) in [7, 11) is 1.46. The Hall–Kier alpha value is -1.20. The molecule has 0 saturated carbocycles. The van der Waals surface area contributed by atoms with Gasteiger partial charge in [0.15, 0.2) is 5.82 Å². The van der Waals surface area contributed by atoms with Crippen molar-refractivity contribution in [3.8, 4) is 5.88 Å². The molecule has 12 heavy (non-hydrogen) atoms. The maximum absolute atomic E-state index is 8.75. The third-order valence-electron chi connectivity index (χ3n) is 1.31. The summed E-state index contributed by atoms with van der Waals surface area (Å²) >= 11 is 0. The Labute approximate surface area is 69.7 Å². The summed E-state index contributed by atoms with van der Waals surface area (Å²) < 4.78 is 4.83. The number of aromatic nitrogens is 2. The van der Waals surface area contributed by atoms with Crippen LogP contribution in [0.15, 0.2) is 6.07 Å². The second kappa shape index (κ2) is 3.99. The van der Waals surface area contributed by atoms with E-state index in [1.165, 1.54) is 13.2 Å². The van der Waals surface area contributed by atoms with Gasteiger partial charge in [-0.3, -0.25) is 0 Å². The summed E-state index contributed by atoms with van der Waals surface area (Å²) in [6.45, 7) is -0.448. The van der Waals surface area contributed by atoms with Gasteiger partial charge < -0.3 is 14.9 Å². The molecule has 0 saturated heterocycles. The zero-order valence-corrected chi connectivity index (χ0v) is 6.69. The van der Waals surface area contributed by atoms with Gasteiger partial charge in [-0.1, -0.05) is 0 Å². The van der Waals surface area contributed by atoms with Gasteiger partial charge in [0.2, 0.25) is 5.88 Å². The van der Waals surface area contributed by atoms with Crippen LogP contribution in [-0.4, -0.2) is 27.3 Å². The predicted molar refractivity (Wildman–Crippen MR) is 40.4 cm³/mol. The predicted octanol–water partition coefficient (Wildman–Crippen LogP) is -0.530. The third kappa shape index (κ3) is 1.90. The van der Waals surface area contributed by atoms with Gasteiger partial charge in [-0.15, -0.1) is 0 Å². The monoisotopic (exact) mass is 170 g/mol. The van der Waals surface area contributed by atoms with Crippen molar-refractivity contribution in [2.24, 2.45) is 0 Å². The SMILES string of the molecule is COc1cc(CO)nc(CO)n1. The zero-order valence-electron chi connectivity index (χ0n) is 6.69. The van der Waals surface area contributed by atoms with Crippen LogP contribution >= 0.6 is 0 Å². The number of methoxy groups -OCH3 is 1. The van der Waals surface area contributed by atoms with Gasteiger partial charge >= 0.3 is 0 Å². The normalized spacial score (nSPS) is 9.92. The van der Waals surface area contributed by atoms with Crippen LogP contribution in [0.3, 0.4) is 0 Å².